The van der Waals surface area contributed by atoms with Gasteiger partial charge in [0.2, 0.25) is 0 Å². The van der Waals surface area contributed by atoms with Crippen molar-refractivity contribution in [2.75, 3.05) is 11.1 Å². The maximum Gasteiger partial charge on any atom is 0.337 e. The van der Waals surface area contributed by atoms with E-state index in [4.69, 9.17) is 16.1 Å². The van der Waals surface area contributed by atoms with Gasteiger partial charge in [-0.25, -0.2) is 4.79 Å². The van der Waals surface area contributed by atoms with Crippen LogP contribution in [0, 0.1) is 11.3 Å². The van der Waals surface area contributed by atoms with E-state index in [9.17, 15) is 4.79 Å². The normalized spacial score (nSPS) is 9.63. The molecule has 0 unspecified atom stereocenters. The molecule has 0 heterocycles. The molecular formula is C14H11N3O2. The molecule has 19 heavy (non-hydrogen) atoms. The van der Waals surface area contributed by atoms with Crippen molar-refractivity contribution in [1.29, 1.82) is 5.26 Å². The highest BCUT2D eigenvalue weighted by Crippen LogP contribution is 2.23. The predicted molar refractivity (Wildman–Crippen MR) is 72.3 cm³/mol. The van der Waals surface area contributed by atoms with Gasteiger partial charge >= 0.3 is 5.97 Å². The minimum Gasteiger partial charge on any atom is -0.478 e. The number of nitrogens with zero attached hydrogens (tertiary/aromatic N) is 1. The molecule has 2 rings (SSSR count). The number of nitriles is 1. The van der Waals surface area contributed by atoms with Crippen molar-refractivity contribution in [2.45, 2.75) is 0 Å². The number of hydrogen-bond acceptors (Lipinski definition) is 4. The maximum atomic E-state index is 11.1. The molecule has 2 aromatic carbocycles. The zero-order valence-corrected chi connectivity index (χ0v) is 9.92. The van der Waals surface area contributed by atoms with E-state index in [0.717, 1.165) is 0 Å². The highest BCUT2D eigenvalue weighted by atomic mass is 16.4. The van der Waals surface area contributed by atoms with Gasteiger partial charge in [0.05, 0.1) is 22.9 Å². The van der Waals surface area contributed by atoms with Crippen molar-refractivity contribution in [1.82, 2.24) is 0 Å². The molecular weight excluding hydrogens is 242 g/mol. The van der Waals surface area contributed by atoms with Crippen LogP contribution in [0.4, 0.5) is 17.1 Å². The zero-order valence-electron chi connectivity index (χ0n) is 9.92. The molecule has 94 valence electrons. The zero-order chi connectivity index (χ0) is 13.8. The summed E-state index contributed by atoms with van der Waals surface area (Å²) in [5, 5.41) is 20.8. The van der Waals surface area contributed by atoms with Crippen molar-refractivity contribution in [3.63, 3.8) is 0 Å². The van der Waals surface area contributed by atoms with Crippen molar-refractivity contribution < 1.29 is 9.90 Å². The number of anilines is 3. The lowest BCUT2D eigenvalue weighted by Crippen LogP contribution is -2.03. The summed E-state index contributed by atoms with van der Waals surface area (Å²) in [5.74, 6) is -1.03. The summed E-state index contributed by atoms with van der Waals surface area (Å²) in [7, 11) is 0. The van der Waals surface area contributed by atoms with E-state index >= 15 is 0 Å². The largest absolute Gasteiger partial charge is 0.478 e. The molecule has 5 nitrogen and oxygen atoms in total. The molecule has 0 aliphatic carbocycles. The lowest BCUT2D eigenvalue weighted by Gasteiger charge is -2.10. The highest BCUT2D eigenvalue weighted by Gasteiger charge is 2.10. The summed E-state index contributed by atoms with van der Waals surface area (Å²) in [6, 6.07) is 13.3. The fourth-order valence-electron chi connectivity index (χ4n) is 1.64. The van der Waals surface area contributed by atoms with Gasteiger partial charge in [-0.15, -0.1) is 0 Å². The summed E-state index contributed by atoms with van der Waals surface area (Å²) in [4.78, 5) is 11.1. The number of rotatable bonds is 3. The van der Waals surface area contributed by atoms with Crippen molar-refractivity contribution in [2.24, 2.45) is 0 Å². The van der Waals surface area contributed by atoms with Gasteiger partial charge < -0.3 is 16.2 Å². The van der Waals surface area contributed by atoms with Crippen LogP contribution in [0.1, 0.15) is 15.9 Å². The molecule has 5 heteroatoms. The third-order valence-corrected chi connectivity index (χ3v) is 2.57. The van der Waals surface area contributed by atoms with E-state index in [1.54, 1.807) is 30.3 Å². The molecule has 0 bridgehead atoms. The van der Waals surface area contributed by atoms with Gasteiger partial charge in [0, 0.05) is 11.4 Å². The van der Waals surface area contributed by atoms with Crippen LogP contribution >= 0.6 is 0 Å². The van der Waals surface area contributed by atoms with E-state index in [1.807, 2.05) is 6.07 Å². The minimum absolute atomic E-state index is 0.138. The fourth-order valence-corrected chi connectivity index (χ4v) is 1.64. The molecule has 0 radical (unpaired) electrons. The Bertz CT molecular complexity index is 657. The number of carboxylic acids is 1. The lowest BCUT2D eigenvalue weighted by molar-refractivity contribution is 0.0698. The monoisotopic (exact) mass is 253 g/mol. The Morgan fingerprint density at radius 2 is 1.89 bits per heavy atom. The van der Waals surface area contributed by atoms with Crippen LogP contribution in [0.15, 0.2) is 42.5 Å². The van der Waals surface area contributed by atoms with Gasteiger partial charge in [0.1, 0.15) is 0 Å². The first-order valence-electron chi connectivity index (χ1n) is 5.50. The quantitative estimate of drug-likeness (QED) is 0.730. The predicted octanol–water partition coefficient (Wildman–Crippen LogP) is 2.58. The summed E-state index contributed by atoms with van der Waals surface area (Å²) in [6.07, 6.45) is 0. The maximum absolute atomic E-state index is 11.1. The van der Waals surface area contributed by atoms with E-state index in [0.29, 0.717) is 22.6 Å². The number of carboxylic acid groups (broad SMARTS) is 1. The SMILES string of the molecule is N#Cc1ccc(Nc2cc(N)ccc2C(=O)O)cc1. The number of nitrogens with one attached hydrogen (secondary N) is 1. The molecule has 0 spiro atoms. The Morgan fingerprint density at radius 3 is 2.47 bits per heavy atom. The molecule has 2 aromatic rings. The van der Waals surface area contributed by atoms with Crippen LogP contribution in [-0.4, -0.2) is 11.1 Å². The van der Waals surface area contributed by atoms with Gasteiger partial charge in [-0.1, -0.05) is 0 Å². The van der Waals surface area contributed by atoms with Crippen LogP contribution < -0.4 is 11.1 Å². The number of benzene rings is 2. The standard InChI is InChI=1S/C14H11N3O2/c15-8-9-1-4-11(5-2-9)17-13-7-10(16)3-6-12(13)14(18)19/h1-7,17H,16H2,(H,18,19). The summed E-state index contributed by atoms with van der Waals surface area (Å²) < 4.78 is 0. The fraction of sp³-hybridized carbons (Fsp3) is 0. The average Bonchev–Trinajstić information content (AvgIpc) is 2.39. The van der Waals surface area contributed by atoms with Crippen LogP contribution in [0.25, 0.3) is 0 Å². The Balaban J connectivity index is 2.34. The molecule has 0 saturated heterocycles. The first-order chi connectivity index (χ1) is 9.10. The number of hydrogen-bond donors (Lipinski definition) is 3. The third-order valence-electron chi connectivity index (χ3n) is 2.57. The Kier molecular flexibility index (Phi) is 3.35. The van der Waals surface area contributed by atoms with E-state index < -0.39 is 5.97 Å². The average molecular weight is 253 g/mol. The Hall–Kier alpha value is -3.00. The minimum atomic E-state index is -1.03. The molecule has 0 aromatic heterocycles. The molecule has 0 fully saturated rings. The highest BCUT2D eigenvalue weighted by molar-refractivity contribution is 5.96. The topological polar surface area (TPSA) is 99.1 Å². The van der Waals surface area contributed by atoms with Crippen molar-refractivity contribution >= 4 is 23.0 Å². The third kappa shape index (κ3) is 2.82. The second kappa shape index (κ2) is 5.10. The van der Waals surface area contributed by atoms with Gasteiger partial charge in [-0.3, -0.25) is 0 Å². The molecule has 0 aliphatic rings. The molecule has 0 saturated carbocycles. The first-order valence-corrected chi connectivity index (χ1v) is 5.50. The summed E-state index contributed by atoms with van der Waals surface area (Å²) in [6.45, 7) is 0. The second-order valence-corrected chi connectivity index (χ2v) is 3.92. The van der Waals surface area contributed by atoms with Gasteiger partial charge in [-0.2, -0.15) is 5.26 Å². The molecule has 4 N–H and O–H groups in total. The van der Waals surface area contributed by atoms with Crippen LogP contribution in [0.3, 0.4) is 0 Å². The van der Waals surface area contributed by atoms with Crippen LogP contribution in [0.5, 0.6) is 0 Å². The van der Waals surface area contributed by atoms with Gasteiger partial charge in [0.25, 0.3) is 0 Å². The number of nitrogen functional groups attached to an aromatic ring is 1. The van der Waals surface area contributed by atoms with E-state index in [-0.39, 0.29) is 5.56 Å². The van der Waals surface area contributed by atoms with Gasteiger partial charge in [-0.05, 0) is 42.5 Å². The van der Waals surface area contributed by atoms with E-state index in [1.165, 1.54) is 12.1 Å². The number of aromatic carboxylic acids is 1. The van der Waals surface area contributed by atoms with Gasteiger partial charge in [0.15, 0.2) is 0 Å². The Morgan fingerprint density at radius 1 is 1.21 bits per heavy atom. The summed E-state index contributed by atoms with van der Waals surface area (Å²) in [5.41, 5.74) is 7.90. The lowest BCUT2D eigenvalue weighted by atomic mass is 10.1. The van der Waals surface area contributed by atoms with Crippen LogP contribution in [-0.2, 0) is 0 Å². The first kappa shape index (κ1) is 12.5. The van der Waals surface area contributed by atoms with E-state index in [2.05, 4.69) is 5.32 Å². The van der Waals surface area contributed by atoms with Crippen molar-refractivity contribution in [3.8, 4) is 6.07 Å². The number of carbonyl (C=O) groups is 1. The summed E-state index contributed by atoms with van der Waals surface area (Å²) >= 11 is 0. The molecule has 0 aliphatic heterocycles. The smallest absolute Gasteiger partial charge is 0.337 e. The molecule has 0 atom stereocenters. The number of nitrogens with two attached hydrogens (primary N) is 1. The molecule has 0 amide bonds. The second-order valence-electron chi connectivity index (χ2n) is 3.92. The Labute approximate surface area is 109 Å². The van der Waals surface area contributed by atoms with Crippen LogP contribution in [0.2, 0.25) is 0 Å². The van der Waals surface area contributed by atoms with Crippen molar-refractivity contribution in [3.05, 3.63) is 53.6 Å².